The molecule has 0 aliphatic carbocycles. The number of hydrogen-bond donors (Lipinski definition) is 0. The molecular weight excluding hydrogens is 1590 g/mol. The Kier molecular flexibility index (Phi) is 35.9. The number of benzene rings is 13. The third kappa shape index (κ3) is 23.9. The predicted octanol–water partition coefficient (Wildman–Crippen LogP) is 15.6. The maximum Gasteiger partial charge on any atom is 0.174 e. The van der Waals surface area contributed by atoms with Crippen molar-refractivity contribution in [3.63, 3.8) is 0 Å². The number of hydrogen-bond acceptors (Lipinski definition) is 3. The summed E-state index contributed by atoms with van der Waals surface area (Å²) in [6.45, 7) is 2.00. The fourth-order valence-electron chi connectivity index (χ4n) is 11.0. The minimum atomic E-state index is -0.847. The number of rotatable bonds is 18. The van der Waals surface area contributed by atoms with E-state index in [2.05, 4.69) is 364 Å². The Labute approximate surface area is 621 Å². The second kappa shape index (κ2) is 43.3. The summed E-state index contributed by atoms with van der Waals surface area (Å²) in [5.41, 5.74) is 1.17. The van der Waals surface area contributed by atoms with E-state index in [0.29, 0.717) is 0 Å². The molecule has 0 unspecified atom stereocenters. The average molecular weight is 1670 g/mol. The Morgan fingerprint density at radius 3 is 0.436 bits per heavy atom. The molecule has 12 heteroatoms. The smallest absolute Gasteiger partial charge is 0.174 e. The monoisotopic (exact) mass is 1670 g/mol. The van der Waals surface area contributed by atoms with Crippen molar-refractivity contribution in [3.8, 4) is 0 Å². The number of aryl methyl sites for hydroxylation is 1. The van der Waals surface area contributed by atoms with Gasteiger partial charge in [-0.2, -0.15) is 9.79 Å². The van der Waals surface area contributed by atoms with Crippen molar-refractivity contribution in [3.05, 3.63) is 388 Å². The minimum absolute atomic E-state index is 0. The first kappa shape index (κ1) is 78.0. The fraction of sp³-hybridized carbons (Fsp3) is 0.0488. The van der Waals surface area contributed by atoms with Crippen molar-refractivity contribution >= 4 is 150 Å². The third-order valence-corrected chi connectivity index (χ3v) is 37.3. The van der Waals surface area contributed by atoms with Crippen LogP contribution in [0.15, 0.2) is 392 Å². The van der Waals surface area contributed by atoms with E-state index < -0.39 is 47.5 Å². The van der Waals surface area contributed by atoms with Gasteiger partial charge >= 0.3 is 0 Å². The normalized spacial score (nSPS) is 10.4. The molecule has 0 atom stereocenters. The van der Waals surface area contributed by atoms with Gasteiger partial charge in [-0.3, -0.25) is 0 Å². The van der Waals surface area contributed by atoms with Gasteiger partial charge in [0, 0.05) is 55.2 Å². The van der Waals surface area contributed by atoms with Gasteiger partial charge in [0.15, 0.2) is 17.7 Å². The van der Waals surface area contributed by atoms with Crippen LogP contribution >= 0.6 is 47.5 Å². The summed E-state index contributed by atoms with van der Waals surface area (Å²) in [6.07, 6.45) is 0. The van der Waals surface area contributed by atoms with Crippen molar-refractivity contribution in [1.82, 2.24) is 0 Å². The van der Waals surface area contributed by atoms with Crippen molar-refractivity contribution in [2.24, 2.45) is 0 Å². The van der Waals surface area contributed by atoms with Gasteiger partial charge in [-0.25, -0.2) is 0 Å². The molecule has 0 saturated carbocycles. The van der Waals surface area contributed by atoms with Gasteiger partial charge in [0.25, 0.3) is 0 Å². The second-order valence-electron chi connectivity index (χ2n) is 21.7. The molecule has 0 spiro atoms. The fourth-order valence-corrected chi connectivity index (χ4v) is 34.6. The third-order valence-electron chi connectivity index (χ3n) is 15.6. The molecule has 0 fully saturated rings. The topological polar surface area (TPSA) is 0 Å². The summed E-state index contributed by atoms with van der Waals surface area (Å²) in [5.74, 6) is 3.74. The van der Waals surface area contributed by atoms with Crippen LogP contribution in [-0.4, -0.2) is 17.7 Å². The molecule has 13 aromatic rings. The molecule has 0 aromatic heterocycles. The molecule has 2 radical (unpaired) electrons. The van der Waals surface area contributed by atoms with E-state index in [-0.39, 0.29) is 68.7 Å². The first-order valence-corrected chi connectivity index (χ1v) is 41.8. The van der Waals surface area contributed by atoms with Gasteiger partial charge in [-0.15, -0.1) is 0 Å². The van der Waals surface area contributed by atoms with Crippen molar-refractivity contribution in [2.45, 2.75) is 16.7 Å². The molecule has 13 rings (SSSR count). The standard InChI is InChI=1S/3C25H22P2.C7H8S2.2Cu.Pt.H2S/c3*1-5-13-22(14-6-1)26(23-15-7-2-8-16-23)21-27(24-17-9-3-10-18-24)25-19-11-4-12-20-25;1-5-2-3-6(8)7(9)4-5;;;;/h3*1-20H,21H2;2-4,8-9H,1H3;;;;1H2/p+3. The summed E-state index contributed by atoms with van der Waals surface area (Å²) in [7, 11) is -5.08. The quantitative estimate of drug-likeness (QED) is 0.0364. The first-order chi connectivity index (χ1) is 44.4. The molecule has 0 aliphatic heterocycles. The predicted molar refractivity (Wildman–Crippen MR) is 429 cm³/mol. The van der Waals surface area contributed by atoms with Crippen molar-refractivity contribution < 1.29 is 55.2 Å². The van der Waals surface area contributed by atoms with Crippen LogP contribution in [0.1, 0.15) is 5.56 Å². The van der Waals surface area contributed by atoms with Crippen LogP contribution in [0.25, 0.3) is 0 Å². The average Bonchev–Trinajstić information content (AvgIpc) is 0.861. The van der Waals surface area contributed by atoms with Crippen LogP contribution in [-0.2, 0) is 94.0 Å². The second-order valence-corrected chi connectivity index (χ2v) is 39.5. The molecule has 13 aromatic carbocycles. The molecule has 0 nitrogen and oxygen atoms in total. The SMILES string of the molecule is Cc1ccc([S-])c([S-])c1.[Cu].[Cu].[Pt].[SH-].c1ccc([PH+](C[PH+](c2ccccc2)c2ccccc2)c2ccccc2)cc1.c1ccc([PH+](C[PH+](c2ccccc2)c2ccccc2)c2ccccc2)cc1.c1ccc([PH+](C[PH+](c2ccccc2)c2ccccc2)c2ccccc2)cc1. The van der Waals surface area contributed by atoms with Gasteiger partial charge in [-0.05, 0) is 153 Å². The van der Waals surface area contributed by atoms with Gasteiger partial charge in [0.2, 0.25) is 0 Å². The molecule has 0 N–H and O–H groups in total. The van der Waals surface area contributed by atoms with E-state index in [9.17, 15) is 0 Å². The first-order valence-electron chi connectivity index (χ1n) is 30.7. The van der Waals surface area contributed by atoms with Gasteiger partial charge in [0.05, 0.1) is 0 Å². The largest absolute Gasteiger partial charge is 0.813 e. The van der Waals surface area contributed by atoms with E-state index in [1.807, 2.05) is 25.1 Å². The van der Waals surface area contributed by atoms with E-state index in [1.165, 1.54) is 86.9 Å². The molecule has 0 amide bonds. The molecule has 0 heterocycles. The molecule has 94 heavy (non-hydrogen) atoms. The summed E-state index contributed by atoms with van der Waals surface area (Å²) < 4.78 is 0. The van der Waals surface area contributed by atoms with E-state index in [4.69, 9.17) is 25.3 Å². The zero-order chi connectivity index (χ0) is 61.8. The van der Waals surface area contributed by atoms with Crippen molar-refractivity contribution in [2.75, 3.05) is 17.7 Å². The summed E-state index contributed by atoms with van der Waals surface area (Å²) in [5, 5.41) is 18.0. The molecule has 484 valence electrons. The van der Waals surface area contributed by atoms with Gasteiger partial charge < -0.3 is 38.8 Å². The van der Waals surface area contributed by atoms with Crippen LogP contribution in [0.4, 0.5) is 0 Å². The maximum absolute atomic E-state index is 4.94. The van der Waals surface area contributed by atoms with E-state index >= 15 is 0 Å². The Bertz CT molecular complexity index is 3220. The zero-order valence-corrected chi connectivity index (χ0v) is 64.9. The van der Waals surface area contributed by atoms with Crippen LogP contribution in [0.5, 0.6) is 0 Å². The van der Waals surface area contributed by atoms with Crippen molar-refractivity contribution in [1.29, 1.82) is 0 Å². The Hall–Kier alpha value is -5.04. The molecular formula is C82H79Cu2P6PtS3+3. The zero-order valence-electron chi connectivity index (χ0n) is 52.2. The van der Waals surface area contributed by atoms with Crippen LogP contribution < -0.4 is 63.7 Å². The molecule has 0 bridgehead atoms. The Morgan fingerprint density at radius 2 is 0.330 bits per heavy atom. The maximum atomic E-state index is 4.94. The summed E-state index contributed by atoms with van der Waals surface area (Å²) in [4.78, 5) is 1.56. The van der Waals surface area contributed by atoms with E-state index in [0.717, 1.165) is 9.79 Å². The summed E-state index contributed by atoms with van der Waals surface area (Å²) in [6, 6.07) is 139. The molecule has 0 aliphatic rings. The number of thiol groups is 1. The Balaban J connectivity index is 0.000000205. The van der Waals surface area contributed by atoms with Crippen LogP contribution in [0, 0.1) is 6.92 Å². The van der Waals surface area contributed by atoms with E-state index in [1.54, 1.807) is 0 Å². The van der Waals surface area contributed by atoms with Crippen LogP contribution in [0.3, 0.4) is 0 Å². The summed E-state index contributed by atoms with van der Waals surface area (Å²) >= 11 is 9.85. The van der Waals surface area contributed by atoms with Gasteiger partial charge in [-0.1, -0.05) is 242 Å². The Morgan fingerprint density at radius 1 is 0.202 bits per heavy atom. The van der Waals surface area contributed by atoms with Crippen LogP contribution in [0.2, 0.25) is 0 Å². The minimum Gasteiger partial charge on any atom is -0.813 e. The molecule has 0 saturated heterocycles. The van der Waals surface area contributed by atoms with Gasteiger partial charge in [0.1, 0.15) is 111 Å².